The molecule has 3 rings (SSSR count). The second-order valence-corrected chi connectivity index (χ2v) is 6.41. The Hall–Kier alpha value is -2.28. The molecule has 1 aliphatic rings. The zero-order chi connectivity index (χ0) is 17.1. The van der Waals surface area contributed by atoms with Gasteiger partial charge in [-0.05, 0) is 32.0 Å². The highest BCUT2D eigenvalue weighted by molar-refractivity contribution is 5.91. The number of aryl methyl sites for hydroxylation is 1. The Morgan fingerprint density at radius 1 is 1.38 bits per heavy atom. The highest BCUT2D eigenvalue weighted by Crippen LogP contribution is 2.22. The molecule has 0 saturated heterocycles. The summed E-state index contributed by atoms with van der Waals surface area (Å²) in [5.74, 6) is -0.415. The van der Waals surface area contributed by atoms with Gasteiger partial charge in [0.2, 0.25) is 0 Å². The maximum absolute atomic E-state index is 12.0. The number of hydrogen-bond donors (Lipinski definition) is 2. The lowest BCUT2D eigenvalue weighted by Crippen LogP contribution is -2.38. The average Bonchev–Trinajstić information content (AvgIpc) is 3.17. The van der Waals surface area contributed by atoms with Gasteiger partial charge in [0.1, 0.15) is 0 Å². The molecule has 0 aliphatic heterocycles. The van der Waals surface area contributed by atoms with E-state index in [2.05, 4.69) is 22.6 Å². The molecule has 24 heavy (non-hydrogen) atoms. The zero-order valence-corrected chi connectivity index (χ0v) is 14.2. The van der Waals surface area contributed by atoms with Crippen molar-refractivity contribution in [1.82, 2.24) is 14.8 Å². The van der Waals surface area contributed by atoms with Crippen LogP contribution in [0.5, 0.6) is 0 Å². The Labute approximate surface area is 140 Å². The highest BCUT2D eigenvalue weighted by Gasteiger charge is 2.19. The van der Waals surface area contributed by atoms with E-state index in [1.54, 1.807) is 25.2 Å². The molecule has 1 aromatic heterocycles. The van der Waals surface area contributed by atoms with Crippen LogP contribution in [0, 0.1) is 0 Å². The summed E-state index contributed by atoms with van der Waals surface area (Å²) < 4.78 is 6.55. The van der Waals surface area contributed by atoms with Crippen LogP contribution in [0.3, 0.4) is 0 Å². The number of amides is 2. The average molecular weight is 332 g/mol. The number of urea groups is 1. The second kappa shape index (κ2) is 7.09. The number of nitrogens with one attached hydrogen (secondary N) is 2. The van der Waals surface area contributed by atoms with Crippen molar-refractivity contribution in [3.05, 3.63) is 28.7 Å². The van der Waals surface area contributed by atoms with Crippen molar-refractivity contribution in [1.29, 1.82) is 0 Å². The molecule has 2 N–H and O–H groups in total. The molecule has 2 aromatic rings. The number of rotatable bonds is 5. The molecule has 0 atom stereocenters. The summed E-state index contributed by atoms with van der Waals surface area (Å²) in [5, 5.41) is 5.63. The fraction of sp³-hybridized carbons (Fsp3) is 0.529. The van der Waals surface area contributed by atoms with Crippen molar-refractivity contribution in [2.75, 3.05) is 25.5 Å². The molecule has 1 fully saturated rings. The van der Waals surface area contributed by atoms with E-state index in [0.29, 0.717) is 29.4 Å². The number of hydrogen-bond acceptors (Lipinski definition) is 4. The Kier molecular flexibility index (Phi) is 4.89. The van der Waals surface area contributed by atoms with Crippen LogP contribution in [0.1, 0.15) is 25.7 Å². The van der Waals surface area contributed by atoms with Crippen LogP contribution in [-0.4, -0.2) is 41.7 Å². The number of aromatic nitrogens is 1. The van der Waals surface area contributed by atoms with Gasteiger partial charge in [-0.1, -0.05) is 12.8 Å². The molecule has 1 aliphatic carbocycles. The van der Waals surface area contributed by atoms with Crippen LogP contribution in [0.2, 0.25) is 0 Å². The van der Waals surface area contributed by atoms with Crippen molar-refractivity contribution in [3.8, 4) is 0 Å². The normalized spacial score (nSPS) is 15.3. The number of benzene rings is 1. The lowest BCUT2D eigenvalue weighted by atomic mass is 10.2. The summed E-state index contributed by atoms with van der Waals surface area (Å²) in [6.07, 6.45) is 5.12. The third kappa shape index (κ3) is 3.62. The molecular formula is C17H24N4O3. The number of oxazole rings is 1. The van der Waals surface area contributed by atoms with E-state index in [0.717, 1.165) is 6.54 Å². The topological polar surface area (TPSA) is 79.5 Å². The van der Waals surface area contributed by atoms with E-state index >= 15 is 0 Å². The van der Waals surface area contributed by atoms with Gasteiger partial charge in [0.05, 0.1) is 5.52 Å². The summed E-state index contributed by atoms with van der Waals surface area (Å²) in [6, 6.07) is 5.55. The quantitative estimate of drug-likeness (QED) is 0.879. The first kappa shape index (κ1) is 16.6. The molecule has 0 radical (unpaired) electrons. The molecule has 1 heterocycles. The van der Waals surface area contributed by atoms with Crippen LogP contribution in [-0.2, 0) is 7.05 Å². The van der Waals surface area contributed by atoms with E-state index in [1.807, 2.05) is 0 Å². The molecule has 0 bridgehead atoms. The maximum Gasteiger partial charge on any atom is 0.419 e. The SMILES string of the molecule is CN(CCNC(=O)Nc1ccc2c(c1)oc(=O)n2C)C1CCCC1. The van der Waals surface area contributed by atoms with Gasteiger partial charge in [-0.15, -0.1) is 0 Å². The fourth-order valence-electron chi connectivity index (χ4n) is 3.26. The molecule has 0 spiro atoms. The van der Waals surface area contributed by atoms with Crippen LogP contribution >= 0.6 is 0 Å². The van der Waals surface area contributed by atoms with Crippen molar-refractivity contribution in [3.63, 3.8) is 0 Å². The summed E-state index contributed by atoms with van der Waals surface area (Å²) >= 11 is 0. The van der Waals surface area contributed by atoms with E-state index in [4.69, 9.17) is 4.42 Å². The van der Waals surface area contributed by atoms with Crippen molar-refractivity contribution in [2.45, 2.75) is 31.7 Å². The van der Waals surface area contributed by atoms with Gasteiger partial charge in [0.25, 0.3) is 0 Å². The zero-order valence-electron chi connectivity index (χ0n) is 14.2. The molecule has 130 valence electrons. The number of fused-ring (bicyclic) bond motifs is 1. The lowest BCUT2D eigenvalue weighted by molar-refractivity contribution is 0.235. The number of nitrogens with zero attached hydrogens (tertiary/aromatic N) is 2. The predicted molar refractivity (Wildman–Crippen MR) is 93.4 cm³/mol. The first-order valence-corrected chi connectivity index (χ1v) is 8.39. The molecule has 7 heteroatoms. The van der Waals surface area contributed by atoms with Crippen LogP contribution < -0.4 is 16.4 Å². The monoisotopic (exact) mass is 332 g/mol. The molecule has 7 nitrogen and oxygen atoms in total. The molecule has 1 aromatic carbocycles. The molecule has 0 unspecified atom stereocenters. The standard InChI is InChI=1S/C17H24N4O3/c1-20(13-5-3-4-6-13)10-9-18-16(22)19-12-7-8-14-15(11-12)24-17(23)21(14)2/h7-8,11,13H,3-6,9-10H2,1-2H3,(H2,18,19,22). The van der Waals surface area contributed by atoms with E-state index < -0.39 is 5.76 Å². The minimum absolute atomic E-state index is 0.257. The van der Waals surface area contributed by atoms with Crippen molar-refractivity contribution < 1.29 is 9.21 Å². The molecule has 1 saturated carbocycles. The second-order valence-electron chi connectivity index (χ2n) is 6.41. The van der Waals surface area contributed by atoms with Gasteiger partial charge in [0, 0.05) is 37.9 Å². The Morgan fingerprint density at radius 3 is 2.88 bits per heavy atom. The largest absolute Gasteiger partial charge is 0.419 e. The smallest absolute Gasteiger partial charge is 0.408 e. The van der Waals surface area contributed by atoms with Gasteiger partial charge in [0.15, 0.2) is 5.58 Å². The first-order valence-electron chi connectivity index (χ1n) is 8.39. The Morgan fingerprint density at radius 2 is 2.12 bits per heavy atom. The van der Waals surface area contributed by atoms with Crippen LogP contribution in [0.4, 0.5) is 10.5 Å². The minimum Gasteiger partial charge on any atom is -0.408 e. The molecule has 2 amide bonds. The summed E-state index contributed by atoms with van der Waals surface area (Å²) in [7, 11) is 3.76. The van der Waals surface area contributed by atoms with Crippen LogP contribution in [0.15, 0.2) is 27.4 Å². The number of likely N-dealkylation sites (N-methyl/N-ethyl adjacent to an activating group) is 1. The van der Waals surface area contributed by atoms with Gasteiger partial charge < -0.3 is 20.0 Å². The van der Waals surface area contributed by atoms with E-state index in [-0.39, 0.29) is 6.03 Å². The summed E-state index contributed by atoms with van der Waals surface area (Å²) in [5.41, 5.74) is 1.75. The fourth-order valence-corrected chi connectivity index (χ4v) is 3.26. The van der Waals surface area contributed by atoms with E-state index in [9.17, 15) is 9.59 Å². The lowest BCUT2D eigenvalue weighted by Gasteiger charge is -2.23. The van der Waals surface area contributed by atoms with Gasteiger partial charge in [-0.3, -0.25) is 4.57 Å². The summed E-state index contributed by atoms with van der Waals surface area (Å²) in [6.45, 7) is 1.44. The highest BCUT2D eigenvalue weighted by atomic mass is 16.4. The Balaban J connectivity index is 1.50. The van der Waals surface area contributed by atoms with Gasteiger partial charge in [-0.2, -0.15) is 0 Å². The van der Waals surface area contributed by atoms with Gasteiger partial charge in [-0.25, -0.2) is 9.59 Å². The van der Waals surface area contributed by atoms with Crippen molar-refractivity contribution in [2.24, 2.45) is 7.05 Å². The number of carbonyl (C=O) groups is 1. The molecular weight excluding hydrogens is 308 g/mol. The first-order chi connectivity index (χ1) is 11.5. The predicted octanol–water partition coefficient (Wildman–Crippen LogP) is 2.13. The van der Waals surface area contributed by atoms with Crippen LogP contribution in [0.25, 0.3) is 11.1 Å². The maximum atomic E-state index is 12.0. The van der Waals surface area contributed by atoms with Gasteiger partial charge >= 0.3 is 11.8 Å². The van der Waals surface area contributed by atoms with E-state index in [1.165, 1.54) is 30.3 Å². The third-order valence-corrected chi connectivity index (χ3v) is 4.75. The number of anilines is 1. The number of carbonyl (C=O) groups excluding carboxylic acids is 1. The minimum atomic E-state index is -0.415. The third-order valence-electron chi connectivity index (χ3n) is 4.75. The summed E-state index contributed by atoms with van der Waals surface area (Å²) in [4.78, 5) is 25.8. The Bertz CT molecular complexity index is 774. The van der Waals surface area contributed by atoms with Crippen molar-refractivity contribution >= 4 is 22.8 Å².